The monoisotopic (exact) mass is 241 g/mol. The summed E-state index contributed by atoms with van der Waals surface area (Å²) in [6, 6.07) is 2.48. The fraction of sp³-hybridized carbons (Fsp3) is 0.385. The average molecular weight is 241 g/mol. The highest BCUT2D eigenvalue weighted by Gasteiger charge is 2.20. The van der Waals surface area contributed by atoms with E-state index in [1.54, 1.807) is 18.5 Å². The molecule has 1 fully saturated rings. The summed E-state index contributed by atoms with van der Waals surface area (Å²) in [5.41, 5.74) is 2.13. The zero-order valence-electron chi connectivity index (χ0n) is 10.3. The van der Waals surface area contributed by atoms with Crippen molar-refractivity contribution in [3.05, 3.63) is 35.9 Å². The molecule has 0 spiro atoms. The van der Waals surface area contributed by atoms with Crippen LogP contribution in [0.1, 0.15) is 24.1 Å². The molecule has 1 aliphatic rings. The van der Waals surface area contributed by atoms with Crippen molar-refractivity contribution in [1.29, 1.82) is 0 Å². The van der Waals surface area contributed by atoms with Crippen LogP contribution in [-0.4, -0.2) is 26.0 Å². The van der Waals surface area contributed by atoms with E-state index in [1.165, 1.54) is 12.8 Å². The van der Waals surface area contributed by atoms with Crippen molar-refractivity contribution in [1.82, 2.24) is 25.3 Å². The third kappa shape index (κ3) is 2.51. The van der Waals surface area contributed by atoms with Gasteiger partial charge in [0.05, 0.1) is 0 Å². The first-order chi connectivity index (χ1) is 8.83. The number of rotatable bonds is 4. The molecule has 0 aliphatic heterocycles. The smallest absolute Gasteiger partial charge is 0.197 e. The van der Waals surface area contributed by atoms with Crippen LogP contribution >= 0.6 is 0 Å². The highest BCUT2D eigenvalue weighted by Crippen LogP contribution is 2.19. The van der Waals surface area contributed by atoms with Gasteiger partial charge in [0.1, 0.15) is 0 Å². The molecule has 0 aromatic carbocycles. The van der Waals surface area contributed by atoms with Crippen molar-refractivity contribution < 1.29 is 0 Å². The van der Waals surface area contributed by atoms with Crippen molar-refractivity contribution in [2.45, 2.75) is 32.4 Å². The van der Waals surface area contributed by atoms with Crippen LogP contribution in [0.4, 0.5) is 0 Å². The van der Waals surface area contributed by atoms with Gasteiger partial charge in [-0.3, -0.25) is 0 Å². The van der Waals surface area contributed by atoms with E-state index in [0.29, 0.717) is 17.7 Å². The zero-order chi connectivity index (χ0) is 12.4. The first kappa shape index (κ1) is 11.2. The summed E-state index contributed by atoms with van der Waals surface area (Å²) >= 11 is 0. The standard InChI is InChI=1S/C13H15N5/c1-9-10(7-16-11-3-4-11)8-17-13(18-9)12-14-5-2-6-15-12/h2,5-6,8,11,16H,3-4,7H2,1H3. The van der Waals surface area contributed by atoms with Crippen LogP contribution in [-0.2, 0) is 6.54 Å². The lowest BCUT2D eigenvalue weighted by Crippen LogP contribution is -2.16. The SMILES string of the molecule is Cc1nc(-c2ncccn2)ncc1CNC1CC1. The van der Waals surface area contributed by atoms with E-state index >= 15 is 0 Å². The van der Waals surface area contributed by atoms with Gasteiger partial charge in [-0.05, 0) is 25.8 Å². The largest absolute Gasteiger partial charge is 0.310 e. The first-order valence-corrected chi connectivity index (χ1v) is 6.16. The van der Waals surface area contributed by atoms with Crippen molar-refractivity contribution in [3.8, 4) is 11.6 Å². The van der Waals surface area contributed by atoms with E-state index in [2.05, 4.69) is 25.3 Å². The Bertz CT molecular complexity index is 536. The Morgan fingerprint density at radius 2 is 1.94 bits per heavy atom. The molecule has 0 saturated heterocycles. The van der Waals surface area contributed by atoms with Gasteiger partial charge < -0.3 is 5.32 Å². The third-order valence-corrected chi connectivity index (χ3v) is 3.01. The molecule has 92 valence electrons. The molecular weight excluding hydrogens is 226 g/mol. The molecule has 0 atom stereocenters. The van der Waals surface area contributed by atoms with Crippen LogP contribution in [0.2, 0.25) is 0 Å². The fourth-order valence-corrected chi connectivity index (χ4v) is 1.73. The van der Waals surface area contributed by atoms with E-state index in [4.69, 9.17) is 0 Å². The number of nitrogens with zero attached hydrogens (tertiary/aromatic N) is 4. The van der Waals surface area contributed by atoms with Gasteiger partial charge in [-0.2, -0.15) is 0 Å². The van der Waals surface area contributed by atoms with Crippen LogP contribution in [0.15, 0.2) is 24.7 Å². The minimum atomic E-state index is 0.572. The molecule has 5 nitrogen and oxygen atoms in total. The Morgan fingerprint density at radius 3 is 2.61 bits per heavy atom. The molecule has 3 rings (SSSR count). The first-order valence-electron chi connectivity index (χ1n) is 6.16. The Hall–Kier alpha value is -1.88. The minimum Gasteiger partial charge on any atom is -0.310 e. The van der Waals surface area contributed by atoms with E-state index in [-0.39, 0.29) is 0 Å². The third-order valence-electron chi connectivity index (χ3n) is 3.01. The molecule has 0 unspecified atom stereocenters. The maximum Gasteiger partial charge on any atom is 0.197 e. The van der Waals surface area contributed by atoms with Crippen molar-refractivity contribution in [2.24, 2.45) is 0 Å². The van der Waals surface area contributed by atoms with Gasteiger partial charge in [-0.15, -0.1) is 0 Å². The molecule has 2 aromatic rings. The lowest BCUT2D eigenvalue weighted by atomic mass is 10.2. The van der Waals surface area contributed by atoms with Gasteiger partial charge in [0.25, 0.3) is 0 Å². The number of hydrogen-bond donors (Lipinski definition) is 1. The summed E-state index contributed by atoms with van der Waals surface area (Å²) in [6.07, 6.45) is 7.84. The minimum absolute atomic E-state index is 0.572. The number of hydrogen-bond acceptors (Lipinski definition) is 5. The van der Waals surface area contributed by atoms with Gasteiger partial charge >= 0.3 is 0 Å². The molecule has 5 heteroatoms. The molecule has 0 amide bonds. The fourth-order valence-electron chi connectivity index (χ4n) is 1.73. The molecule has 18 heavy (non-hydrogen) atoms. The molecular formula is C13H15N5. The van der Waals surface area contributed by atoms with Crippen LogP contribution in [0, 0.1) is 6.92 Å². The van der Waals surface area contributed by atoms with Crippen LogP contribution in [0.25, 0.3) is 11.6 Å². The molecule has 0 radical (unpaired) electrons. The second kappa shape index (κ2) is 4.78. The quantitative estimate of drug-likeness (QED) is 0.878. The maximum atomic E-state index is 4.47. The van der Waals surface area contributed by atoms with Crippen molar-refractivity contribution in [2.75, 3.05) is 0 Å². The van der Waals surface area contributed by atoms with Crippen LogP contribution in [0.3, 0.4) is 0 Å². The predicted octanol–water partition coefficient (Wildman–Crippen LogP) is 1.49. The normalized spacial score (nSPS) is 14.7. The molecule has 0 bridgehead atoms. The summed E-state index contributed by atoms with van der Waals surface area (Å²) in [6.45, 7) is 2.84. The topological polar surface area (TPSA) is 63.6 Å². The van der Waals surface area contributed by atoms with Gasteiger partial charge in [-0.25, -0.2) is 19.9 Å². The molecule has 1 saturated carbocycles. The lowest BCUT2D eigenvalue weighted by Gasteiger charge is -2.07. The molecule has 2 aromatic heterocycles. The van der Waals surface area contributed by atoms with E-state index in [9.17, 15) is 0 Å². The summed E-state index contributed by atoms with van der Waals surface area (Å²) in [7, 11) is 0. The van der Waals surface area contributed by atoms with Gasteiger partial charge in [0.2, 0.25) is 0 Å². The van der Waals surface area contributed by atoms with E-state index < -0.39 is 0 Å². The van der Waals surface area contributed by atoms with Crippen LogP contribution in [0.5, 0.6) is 0 Å². The Kier molecular flexibility index (Phi) is 2.98. The Labute approximate surface area is 106 Å². The van der Waals surface area contributed by atoms with Gasteiger partial charge in [0, 0.05) is 42.4 Å². The Morgan fingerprint density at radius 1 is 1.17 bits per heavy atom. The summed E-state index contributed by atoms with van der Waals surface area (Å²) in [5, 5.41) is 3.46. The number of aromatic nitrogens is 4. The maximum absolute atomic E-state index is 4.47. The summed E-state index contributed by atoms with van der Waals surface area (Å²) in [5.74, 6) is 1.16. The summed E-state index contributed by atoms with van der Waals surface area (Å²) in [4.78, 5) is 17.1. The lowest BCUT2D eigenvalue weighted by molar-refractivity contribution is 0.679. The van der Waals surface area contributed by atoms with Crippen molar-refractivity contribution in [3.63, 3.8) is 0 Å². The highest BCUT2D eigenvalue weighted by molar-refractivity contribution is 5.42. The second-order valence-corrected chi connectivity index (χ2v) is 4.53. The van der Waals surface area contributed by atoms with Gasteiger partial charge in [0.15, 0.2) is 11.6 Å². The van der Waals surface area contributed by atoms with E-state index in [0.717, 1.165) is 17.8 Å². The highest BCUT2D eigenvalue weighted by atomic mass is 15.0. The average Bonchev–Trinajstić information content (AvgIpc) is 3.22. The zero-order valence-corrected chi connectivity index (χ0v) is 10.3. The van der Waals surface area contributed by atoms with Crippen molar-refractivity contribution >= 4 is 0 Å². The molecule has 1 aliphatic carbocycles. The summed E-state index contributed by atoms with van der Waals surface area (Å²) < 4.78 is 0. The van der Waals surface area contributed by atoms with E-state index in [1.807, 2.05) is 13.1 Å². The van der Waals surface area contributed by atoms with Gasteiger partial charge in [-0.1, -0.05) is 0 Å². The predicted molar refractivity (Wildman–Crippen MR) is 67.7 cm³/mol. The molecule has 1 N–H and O–H groups in total. The second-order valence-electron chi connectivity index (χ2n) is 4.53. The number of aryl methyl sites for hydroxylation is 1. The molecule has 2 heterocycles. The number of nitrogens with one attached hydrogen (secondary N) is 1. The Balaban J connectivity index is 1.79. The van der Waals surface area contributed by atoms with Crippen LogP contribution < -0.4 is 5.32 Å².